The fourth-order valence-corrected chi connectivity index (χ4v) is 1.23. The van der Waals surface area contributed by atoms with E-state index in [0.717, 1.165) is 5.52 Å². The van der Waals surface area contributed by atoms with E-state index in [2.05, 4.69) is 25.3 Å². The minimum absolute atomic E-state index is 0.117. The third-order valence-corrected chi connectivity index (χ3v) is 2.16. The molecular formula is C10H13N5O. The Labute approximate surface area is 92.5 Å². The molecule has 0 amide bonds. The van der Waals surface area contributed by atoms with Gasteiger partial charge in [0, 0.05) is 6.61 Å². The normalized spacial score (nSPS) is 13.4. The second-order valence-corrected chi connectivity index (χ2v) is 3.49. The fourth-order valence-electron chi connectivity index (χ4n) is 1.23. The number of rotatable bonds is 4. The van der Waals surface area contributed by atoms with Crippen LogP contribution in [0.5, 0.6) is 0 Å². The largest absolute Gasteiger partial charge is 0.396 e. The number of hydrogen-bond donors (Lipinski definition) is 3. The molecule has 1 unspecified atom stereocenters. The molecule has 0 saturated heterocycles. The molecule has 6 nitrogen and oxygen atoms in total. The summed E-state index contributed by atoms with van der Waals surface area (Å²) >= 11 is 0. The number of imidazole rings is 1. The zero-order valence-electron chi connectivity index (χ0n) is 8.88. The number of aliphatic hydroxyl groups is 1. The van der Waals surface area contributed by atoms with Crippen LogP contribution in [0.3, 0.4) is 0 Å². The third-order valence-electron chi connectivity index (χ3n) is 2.16. The van der Waals surface area contributed by atoms with Gasteiger partial charge in [0.1, 0.15) is 11.8 Å². The Hall–Kier alpha value is -1.95. The van der Waals surface area contributed by atoms with Crippen molar-refractivity contribution in [2.24, 2.45) is 5.92 Å². The van der Waals surface area contributed by atoms with Crippen LogP contribution in [0.4, 0.5) is 5.82 Å². The molecule has 84 valence electrons. The minimum atomic E-state index is 0.117. The minimum Gasteiger partial charge on any atom is -0.396 e. The van der Waals surface area contributed by atoms with Crippen molar-refractivity contribution in [1.29, 1.82) is 0 Å². The van der Waals surface area contributed by atoms with E-state index in [0.29, 0.717) is 11.5 Å². The van der Waals surface area contributed by atoms with Crippen molar-refractivity contribution in [2.45, 2.75) is 6.92 Å². The van der Waals surface area contributed by atoms with Gasteiger partial charge in [-0.1, -0.05) is 13.0 Å². The fraction of sp³-hybridized carbons (Fsp3) is 0.300. The number of anilines is 1. The molecule has 2 aromatic rings. The lowest BCUT2D eigenvalue weighted by Gasteiger charge is -2.02. The van der Waals surface area contributed by atoms with Gasteiger partial charge in [-0.25, -0.2) is 15.0 Å². The maximum atomic E-state index is 8.85. The highest BCUT2D eigenvalue weighted by Gasteiger charge is 2.03. The van der Waals surface area contributed by atoms with Crippen molar-refractivity contribution < 1.29 is 5.11 Å². The molecule has 2 heterocycles. The summed E-state index contributed by atoms with van der Waals surface area (Å²) in [4.78, 5) is 15.1. The molecular weight excluding hydrogens is 206 g/mol. The van der Waals surface area contributed by atoms with Crippen LogP contribution in [0.25, 0.3) is 11.2 Å². The number of nitrogens with one attached hydrogen (secondary N) is 2. The summed E-state index contributed by atoms with van der Waals surface area (Å²) in [6, 6.07) is 0. The van der Waals surface area contributed by atoms with Crippen LogP contribution in [0.15, 0.2) is 24.9 Å². The first-order chi connectivity index (χ1) is 7.81. The average Bonchev–Trinajstić information content (AvgIpc) is 2.77. The van der Waals surface area contributed by atoms with Crippen molar-refractivity contribution >= 4 is 17.0 Å². The van der Waals surface area contributed by atoms with Crippen LogP contribution in [0.2, 0.25) is 0 Å². The molecule has 0 bridgehead atoms. The van der Waals surface area contributed by atoms with Crippen LogP contribution >= 0.6 is 0 Å². The molecule has 0 saturated carbocycles. The Bertz CT molecular complexity index is 493. The molecule has 16 heavy (non-hydrogen) atoms. The van der Waals surface area contributed by atoms with E-state index in [1.807, 2.05) is 13.0 Å². The summed E-state index contributed by atoms with van der Waals surface area (Å²) in [5.41, 5.74) is 1.39. The van der Waals surface area contributed by atoms with Crippen LogP contribution in [0, 0.1) is 5.92 Å². The Morgan fingerprint density at radius 2 is 2.38 bits per heavy atom. The lowest BCUT2D eigenvalue weighted by Crippen LogP contribution is -1.98. The maximum absolute atomic E-state index is 8.85. The molecule has 2 aromatic heterocycles. The van der Waals surface area contributed by atoms with Gasteiger partial charge in [0.2, 0.25) is 0 Å². The summed E-state index contributed by atoms with van der Waals surface area (Å²) in [6.45, 7) is 2.05. The van der Waals surface area contributed by atoms with Gasteiger partial charge in [-0.05, 0) is 12.1 Å². The standard InChI is InChI=1S/C10H13N5O/c1-7(4-16)2-3-11-9-8-10(13-5-12-8)15-6-14-9/h2-3,5-7,16H,4H2,1H3,(H2,11,12,13,14,15)/b3-2+. The highest BCUT2D eigenvalue weighted by atomic mass is 16.3. The SMILES string of the molecule is CC(/C=C/Nc1ncnc2nc[nH]c12)CO. The summed E-state index contributed by atoms with van der Waals surface area (Å²) in [7, 11) is 0. The van der Waals surface area contributed by atoms with E-state index in [1.54, 1.807) is 12.5 Å². The van der Waals surface area contributed by atoms with E-state index < -0.39 is 0 Å². The van der Waals surface area contributed by atoms with Gasteiger partial charge in [0.05, 0.1) is 6.33 Å². The second kappa shape index (κ2) is 4.71. The molecule has 3 N–H and O–H groups in total. The van der Waals surface area contributed by atoms with E-state index >= 15 is 0 Å². The summed E-state index contributed by atoms with van der Waals surface area (Å²) in [5, 5.41) is 11.9. The van der Waals surface area contributed by atoms with Crippen molar-refractivity contribution in [3.8, 4) is 0 Å². The molecule has 0 radical (unpaired) electrons. The molecule has 0 fully saturated rings. The number of aromatic nitrogens is 4. The van der Waals surface area contributed by atoms with Crippen molar-refractivity contribution in [3.63, 3.8) is 0 Å². The maximum Gasteiger partial charge on any atom is 0.182 e. The topological polar surface area (TPSA) is 86.7 Å². The Morgan fingerprint density at radius 1 is 1.50 bits per heavy atom. The Balaban J connectivity index is 2.15. The first kappa shape index (κ1) is 10.6. The molecule has 0 spiro atoms. The third kappa shape index (κ3) is 2.17. The number of aliphatic hydroxyl groups excluding tert-OH is 1. The molecule has 6 heteroatoms. The van der Waals surface area contributed by atoms with Gasteiger partial charge in [-0.3, -0.25) is 0 Å². The summed E-state index contributed by atoms with van der Waals surface area (Å²) in [6.07, 6.45) is 6.65. The molecule has 0 aromatic carbocycles. The highest BCUT2D eigenvalue weighted by molar-refractivity contribution is 5.82. The lowest BCUT2D eigenvalue weighted by atomic mass is 10.2. The van der Waals surface area contributed by atoms with Gasteiger partial charge >= 0.3 is 0 Å². The summed E-state index contributed by atoms with van der Waals surface area (Å²) in [5.74, 6) is 0.787. The summed E-state index contributed by atoms with van der Waals surface area (Å²) < 4.78 is 0. The van der Waals surface area contributed by atoms with Crippen LogP contribution < -0.4 is 5.32 Å². The predicted molar refractivity (Wildman–Crippen MR) is 60.7 cm³/mol. The molecule has 1 atom stereocenters. The number of fused-ring (bicyclic) bond motifs is 1. The Morgan fingerprint density at radius 3 is 3.19 bits per heavy atom. The van der Waals surface area contributed by atoms with Crippen molar-refractivity contribution in [2.75, 3.05) is 11.9 Å². The highest BCUT2D eigenvalue weighted by Crippen LogP contribution is 2.14. The molecule has 0 aliphatic rings. The smallest absolute Gasteiger partial charge is 0.182 e. The van der Waals surface area contributed by atoms with Gasteiger partial charge in [-0.2, -0.15) is 0 Å². The average molecular weight is 219 g/mol. The van der Waals surface area contributed by atoms with Gasteiger partial charge in [-0.15, -0.1) is 0 Å². The van der Waals surface area contributed by atoms with E-state index in [-0.39, 0.29) is 12.5 Å². The molecule has 2 rings (SSSR count). The monoisotopic (exact) mass is 219 g/mol. The molecule has 0 aliphatic carbocycles. The van der Waals surface area contributed by atoms with Crippen LogP contribution in [-0.4, -0.2) is 31.6 Å². The van der Waals surface area contributed by atoms with Crippen LogP contribution in [0.1, 0.15) is 6.92 Å². The van der Waals surface area contributed by atoms with Gasteiger partial charge in [0.15, 0.2) is 11.5 Å². The van der Waals surface area contributed by atoms with E-state index in [1.165, 1.54) is 6.33 Å². The van der Waals surface area contributed by atoms with E-state index in [9.17, 15) is 0 Å². The predicted octanol–water partition coefficient (Wildman–Crippen LogP) is 0.907. The zero-order chi connectivity index (χ0) is 11.4. The Kier molecular flexibility index (Phi) is 3.11. The number of aromatic amines is 1. The first-order valence-electron chi connectivity index (χ1n) is 4.99. The second-order valence-electron chi connectivity index (χ2n) is 3.49. The number of hydrogen-bond acceptors (Lipinski definition) is 5. The lowest BCUT2D eigenvalue weighted by molar-refractivity contribution is 0.262. The number of nitrogens with zero attached hydrogens (tertiary/aromatic N) is 3. The van der Waals surface area contributed by atoms with Gasteiger partial charge < -0.3 is 15.4 Å². The van der Waals surface area contributed by atoms with Crippen molar-refractivity contribution in [1.82, 2.24) is 19.9 Å². The van der Waals surface area contributed by atoms with Crippen LogP contribution in [-0.2, 0) is 0 Å². The first-order valence-corrected chi connectivity index (χ1v) is 4.99. The van der Waals surface area contributed by atoms with E-state index in [4.69, 9.17) is 5.11 Å². The van der Waals surface area contributed by atoms with Crippen molar-refractivity contribution in [3.05, 3.63) is 24.9 Å². The molecule has 0 aliphatic heterocycles. The zero-order valence-corrected chi connectivity index (χ0v) is 8.88. The number of H-pyrrole nitrogens is 1. The van der Waals surface area contributed by atoms with Gasteiger partial charge in [0.25, 0.3) is 0 Å². The quantitative estimate of drug-likeness (QED) is 0.711.